The number of hydrogen-bond donors (Lipinski definition) is 2. The first-order valence-electron chi connectivity index (χ1n) is 17.2. The van der Waals surface area contributed by atoms with Gasteiger partial charge in [-0.1, -0.05) is 20.8 Å². The van der Waals surface area contributed by atoms with Crippen molar-refractivity contribution in [3.05, 3.63) is 41.2 Å². The third kappa shape index (κ3) is 8.18. The van der Waals surface area contributed by atoms with E-state index >= 15 is 0 Å². The topological polar surface area (TPSA) is 128 Å². The summed E-state index contributed by atoms with van der Waals surface area (Å²) < 4.78 is 79.1. The quantitative estimate of drug-likeness (QED) is 0.179. The van der Waals surface area contributed by atoms with Gasteiger partial charge in [-0.15, -0.1) is 0 Å². The van der Waals surface area contributed by atoms with Gasteiger partial charge in [0.05, 0.1) is 41.3 Å². The first-order valence-corrected chi connectivity index (χ1v) is 20.1. The van der Waals surface area contributed by atoms with Gasteiger partial charge in [-0.05, 0) is 63.2 Å². The monoisotopic (exact) mass is 726 g/mol. The molecule has 1 aliphatic carbocycles. The zero-order valence-electron chi connectivity index (χ0n) is 29.6. The van der Waals surface area contributed by atoms with Crippen molar-refractivity contribution < 1.29 is 36.0 Å². The van der Waals surface area contributed by atoms with Crippen LogP contribution in [0.2, 0.25) is 18.1 Å². The fourth-order valence-electron chi connectivity index (χ4n) is 6.56. The van der Waals surface area contributed by atoms with E-state index in [2.05, 4.69) is 49.6 Å². The van der Waals surface area contributed by atoms with Crippen molar-refractivity contribution in [3.63, 3.8) is 0 Å². The number of nitrogens with one attached hydrogen (secondary N) is 2. The Bertz CT molecular complexity index is 1690. The molecule has 50 heavy (non-hydrogen) atoms. The Morgan fingerprint density at radius 2 is 1.86 bits per heavy atom. The molecule has 2 amide bonds. The van der Waals surface area contributed by atoms with Crippen LogP contribution in [0, 0.1) is 17.8 Å². The van der Waals surface area contributed by atoms with Gasteiger partial charge >= 0.3 is 6.18 Å². The summed E-state index contributed by atoms with van der Waals surface area (Å²) in [4.78, 5) is 35.9. The first-order chi connectivity index (χ1) is 23.2. The minimum absolute atomic E-state index is 0.117. The molecule has 1 aliphatic heterocycles. The van der Waals surface area contributed by atoms with Crippen molar-refractivity contribution in [3.8, 4) is 0 Å². The van der Waals surface area contributed by atoms with Gasteiger partial charge in [-0.3, -0.25) is 14.3 Å². The molecule has 1 saturated heterocycles. The van der Waals surface area contributed by atoms with Crippen LogP contribution in [0.25, 0.3) is 5.78 Å². The average Bonchev–Trinajstić information content (AvgIpc) is 3.66. The summed E-state index contributed by atoms with van der Waals surface area (Å²) in [5, 5.41) is 14.2. The number of alkyl halides is 5. The van der Waals surface area contributed by atoms with Crippen molar-refractivity contribution in [2.75, 3.05) is 6.54 Å². The van der Waals surface area contributed by atoms with Crippen molar-refractivity contribution >= 4 is 25.9 Å². The maximum Gasteiger partial charge on any atom is 0.393 e. The maximum absolute atomic E-state index is 14.2. The molecule has 1 unspecified atom stereocenters. The maximum atomic E-state index is 14.2. The second-order valence-electron chi connectivity index (χ2n) is 15.2. The Kier molecular flexibility index (Phi) is 10.5. The Morgan fingerprint density at radius 1 is 1.18 bits per heavy atom. The molecule has 2 N–H and O–H groups in total. The molecule has 0 spiro atoms. The molecule has 3 aromatic heterocycles. The lowest BCUT2D eigenvalue weighted by Gasteiger charge is -2.38. The minimum Gasteiger partial charge on any atom is -0.409 e. The highest BCUT2D eigenvalue weighted by Gasteiger charge is 2.46. The number of piperidine rings is 1. The number of fused-ring (bicyclic) bond motifs is 1. The molecule has 4 heterocycles. The van der Waals surface area contributed by atoms with E-state index in [0.29, 0.717) is 29.3 Å². The van der Waals surface area contributed by atoms with Crippen LogP contribution in [0.4, 0.5) is 22.0 Å². The third-order valence-corrected chi connectivity index (χ3v) is 15.1. The van der Waals surface area contributed by atoms with Crippen LogP contribution in [0.3, 0.4) is 0 Å². The number of imidazole rings is 1. The second kappa shape index (κ2) is 13.9. The van der Waals surface area contributed by atoms with Crippen LogP contribution in [0.1, 0.15) is 106 Å². The van der Waals surface area contributed by atoms with Crippen LogP contribution < -0.4 is 10.6 Å². The first kappa shape index (κ1) is 37.8. The molecule has 1 saturated carbocycles. The van der Waals surface area contributed by atoms with E-state index in [4.69, 9.17) is 19.5 Å². The van der Waals surface area contributed by atoms with Crippen LogP contribution in [-0.2, 0) is 22.2 Å². The van der Waals surface area contributed by atoms with E-state index in [0.717, 1.165) is 0 Å². The number of aromatic nitrogens is 6. The molecule has 0 aromatic carbocycles. The summed E-state index contributed by atoms with van der Waals surface area (Å²) >= 11 is 0. The molecular weight excluding hydrogens is 679 g/mol. The number of carbonyl (C=O) groups is 2. The number of amides is 2. The normalized spacial score (nSPS) is 22.0. The highest BCUT2D eigenvalue weighted by molar-refractivity contribution is 6.74. The summed E-state index contributed by atoms with van der Waals surface area (Å²) in [6.45, 7) is 14.0. The highest BCUT2D eigenvalue weighted by Crippen LogP contribution is 2.43. The van der Waals surface area contributed by atoms with Crippen molar-refractivity contribution in [1.82, 2.24) is 40.0 Å². The molecule has 17 heteroatoms. The van der Waals surface area contributed by atoms with Gasteiger partial charge < -0.3 is 15.1 Å². The van der Waals surface area contributed by atoms with E-state index in [1.807, 2.05) is 6.92 Å². The summed E-state index contributed by atoms with van der Waals surface area (Å²) in [7, 11) is -2.38. The molecular formula is C33H47F5N8O3Si. The van der Waals surface area contributed by atoms with Crippen LogP contribution in [0.5, 0.6) is 0 Å². The molecule has 5 rings (SSSR count). The average molecular weight is 727 g/mol. The Labute approximate surface area is 289 Å². The predicted octanol–water partition coefficient (Wildman–Crippen LogP) is 6.58. The lowest BCUT2D eigenvalue weighted by molar-refractivity contribution is -0.183. The molecule has 3 aromatic rings. The molecule has 2 aliphatic rings. The predicted molar refractivity (Wildman–Crippen MR) is 177 cm³/mol. The van der Waals surface area contributed by atoms with Crippen LogP contribution >= 0.6 is 0 Å². The van der Waals surface area contributed by atoms with Gasteiger partial charge in [0.2, 0.25) is 11.8 Å². The van der Waals surface area contributed by atoms with Crippen molar-refractivity contribution in [2.24, 2.45) is 17.8 Å². The highest BCUT2D eigenvalue weighted by atomic mass is 28.4. The molecule has 276 valence electrons. The zero-order chi connectivity index (χ0) is 36.8. The number of hydrogen-bond acceptors (Lipinski definition) is 7. The van der Waals surface area contributed by atoms with E-state index in [9.17, 15) is 31.5 Å². The van der Waals surface area contributed by atoms with Gasteiger partial charge in [0.1, 0.15) is 5.69 Å². The van der Waals surface area contributed by atoms with Gasteiger partial charge in [0, 0.05) is 44.5 Å². The minimum atomic E-state index is -4.47. The Balaban J connectivity index is 1.55. The molecule has 4 atom stereocenters. The Hall–Kier alpha value is -3.47. The van der Waals surface area contributed by atoms with Crippen LogP contribution in [0.15, 0.2) is 18.5 Å². The molecule has 2 fully saturated rings. The molecule has 11 nitrogen and oxygen atoms in total. The van der Waals surface area contributed by atoms with E-state index in [-0.39, 0.29) is 48.8 Å². The van der Waals surface area contributed by atoms with Crippen molar-refractivity contribution in [2.45, 2.75) is 122 Å². The number of carbonyl (C=O) groups excluding carboxylic acids is 2. The third-order valence-electron chi connectivity index (χ3n) is 10.5. The number of halogens is 5. The lowest BCUT2D eigenvalue weighted by Crippen LogP contribution is -2.47. The standard InChI is InChI=1S/C33H47F5N8O3Si/c1-8-45-25(11-14-40-45)29(48)42-27(20-9-12-32(34,35)13-10-20)24-18-46-30(41-24)43-26(19(2)49-50(6,7)31(3,4)5)23(44-46)16-21-15-22(33(36,37)38)17-39-28(21)47/h11,14,18-22,27H,8-10,12-13,15-17H2,1-7H3,(H,39,47)(H,42,48)/t19?,21-,22-,27+/m1/s1. The fraction of sp³-hybridized carbons (Fsp3) is 0.697. The smallest absolute Gasteiger partial charge is 0.393 e. The fourth-order valence-corrected chi connectivity index (χ4v) is 7.91. The van der Waals surface area contributed by atoms with Gasteiger partial charge in [-0.25, -0.2) is 23.3 Å². The van der Waals surface area contributed by atoms with Gasteiger partial charge in [0.15, 0.2) is 8.32 Å². The van der Waals surface area contributed by atoms with E-state index in [1.165, 1.54) is 15.4 Å². The summed E-state index contributed by atoms with van der Waals surface area (Å²) in [5.41, 5.74) is 1.30. The Morgan fingerprint density at radius 3 is 2.48 bits per heavy atom. The van der Waals surface area contributed by atoms with E-state index < -0.39 is 69.2 Å². The van der Waals surface area contributed by atoms with Gasteiger partial charge in [-0.2, -0.15) is 23.4 Å². The summed E-state index contributed by atoms with van der Waals surface area (Å²) in [6.07, 6.45) is -2.94. The van der Waals surface area contributed by atoms with Gasteiger partial charge in [0.25, 0.3) is 11.7 Å². The summed E-state index contributed by atoms with van der Waals surface area (Å²) in [5.74, 6) is -6.66. The molecule has 0 bridgehead atoms. The van der Waals surface area contributed by atoms with Crippen LogP contribution in [-0.4, -0.2) is 68.1 Å². The number of rotatable bonds is 10. The summed E-state index contributed by atoms with van der Waals surface area (Å²) in [6, 6.07) is 0.803. The lowest BCUT2D eigenvalue weighted by atomic mass is 9.81. The van der Waals surface area contributed by atoms with E-state index in [1.54, 1.807) is 19.2 Å². The number of aryl methyl sites for hydroxylation is 1. The molecule has 0 radical (unpaired) electrons. The SMILES string of the molecule is CCn1nccc1C(=O)N[C@H](c1cn2nc(C[C@H]3C[C@@H](C(F)(F)F)CNC3=O)c(C(C)O[Si](C)(C)C(C)(C)C)nc2n1)C1CCC(F)(F)CC1. The second-order valence-corrected chi connectivity index (χ2v) is 19.9. The van der Waals surface area contributed by atoms with Crippen molar-refractivity contribution in [1.29, 1.82) is 0 Å². The largest absolute Gasteiger partial charge is 0.409 e. The number of nitrogens with zero attached hydrogens (tertiary/aromatic N) is 6. The zero-order valence-corrected chi connectivity index (χ0v) is 30.6.